The molecule has 27 heavy (non-hydrogen) atoms. The molecule has 0 bridgehead atoms. The van der Waals surface area contributed by atoms with Crippen LogP contribution in [0.3, 0.4) is 0 Å². The van der Waals surface area contributed by atoms with Gasteiger partial charge in [0.2, 0.25) is 5.91 Å². The fourth-order valence-electron chi connectivity index (χ4n) is 2.74. The van der Waals surface area contributed by atoms with Crippen molar-refractivity contribution in [1.29, 1.82) is 0 Å². The van der Waals surface area contributed by atoms with E-state index in [0.29, 0.717) is 28.4 Å². The number of hydrogen-bond donors (Lipinski definition) is 1. The lowest BCUT2D eigenvalue weighted by Gasteiger charge is -2.09. The molecule has 0 fully saturated rings. The van der Waals surface area contributed by atoms with E-state index in [9.17, 15) is 9.18 Å². The molecule has 0 spiro atoms. The highest BCUT2D eigenvalue weighted by Crippen LogP contribution is 2.33. The molecule has 0 atom stereocenters. The van der Waals surface area contributed by atoms with Gasteiger partial charge in [-0.25, -0.2) is 9.37 Å². The van der Waals surface area contributed by atoms with Crippen LogP contribution in [0.4, 0.5) is 10.1 Å². The Balaban J connectivity index is 1.60. The summed E-state index contributed by atoms with van der Waals surface area (Å²) in [6.07, 6.45) is 0.337. The molecule has 0 unspecified atom stereocenters. The second kappa shape index (κ2) is 7.82. The van der Waals surface area contributed by atoms with E-state index in [1.807, 2.05) is 47.2 Å². The molecule has 0 radical (unpaired) electrons. The molecule has 0 aliphatic rings. The largest absolute Gasteiger partial charge is 0.325 e. The molecule has 4 rings (SSSR count). The third kappa shape index (κ3) is 3.97. The van der Waals surface area contributed by atoms with Crippen molar-refractivity contribution in [3.8, 4) is 21.8 Å². The first-order valence-electron chi connectivity index (χ1n) is 8.33. The van der Waals surface area contributed by atoms with Gasteiger partial charge in [0.1, 0.15) is 10.8 Å². The molecule has 2 aromatic carbocycles. The Morgan fingerprint density at radius 3 is 2.52 bits per heavy atom. The average Bonchev–Trinajstić information content (AvgIpc) is 3.34. The first-order chi connectivity index (χ1) is 13.2. The summed E-state index contributed by atoms with van der Waals surface area (Å²) in [5.41, 5.74) is 2.71. The van der Waals surface area contributed by atoms with E-state index in [1.165, 1.54) is 17.4 Å². The van der Waals surface area contributed by atoms with Crippen molar-refractivity contribution in [2.24, 2.45) is 0 Å². The first kappa shape index (κ1) is 17.6. The summed E-state index contributed by atoms with van der Waals surface area (Å²) in [5, 5.41) is 7.42. The van der Waals surface area contributed by atoms with Crippen molar-refractivity contribution < 1.29 is 9.18 Å². The number of rotatable bonds is 5. The van der Waals surface area contributed by atoms with E-state index < -0.39 is 0 Å². The molecule has 1 amide bonds. The number of thiophene rings is 1. The molecule has 0 aliphatic heterocycles. The number of anilines is 1. The third-order valence-electron chi connectivity index (χ3n) is 4.00. The van der Waals surface area contributed by atoms with E-state index in [2.05, 4.69) is 10.3 Å². The standard InChI is InChI=1S/C21H15FN2OS2/c22-17-9-3-1-7-15(17)21-24-19(13-27-21)16-8-2-4-10-18(16)23-20(25)12-14-6-5-11-26-14/h1-11,13H,12H2,(H,23,25). The van der Waals surface area contributed by atoms with Gasteiger partial charge >= 0.3 is 0 Å². The molecule has 0 saturated heterocycles. The van der Waals surface area contributed by atoms with Gasteiger partial charge in [-0.05, 0) is 29.6 Å². The van der Waals surface area contributed by atoms with Crippen molar-refractivity contribution in [1.82, 2.24) is 4.98 Å². The number of carbonyl (C=O) groups excluding carboxylic acids is 1. The monoisotopic (exact) mass is 394 g/mol. The number of aromatic nitrogens is 1. The fourth-order valence-corrected chi connectivity index (χ4v) is 4.29. The van der Waals surface area contributed by atoms with Gasteiger partial charge in [-0.15, -0.1) is 22.7 Å². The van der Waals surface area contributed by atoms with Gasteiger partial charge in [0.25, 0.3) is 0 Å². The van der Waals surface area contributed by atoms with E-state index in [-0.39, 0.29) is 11.7 Å². The van der Waals surface area contributed by atoms with Crippen molar-refractivity contribution in [2.45, 2.75) is 6.42 Å². The number of benzene rings is 2. The normalized spacial score (nSPS) is 10.7. The van der Waals surface area contributed by atoms with Crippen LogP contribution < -0.4 is 5.32 Å². The van der Waals surface area contributed by atoms with Crippen LogP contribution in [0.5, 0.6) is 0 Å². The molecule has 1 N–H and O–H groups in total. The van der Waals surface area contributed by atoms with Crippen LogP contribution in [0.1, 0.15) is 4.88 Å². The number of nitrogens with zero attached hydrogens (tertiary/aromatic N) is 1. The second-order valence-corrected chi connectivity index (χ2v) is 7.76. The van der Waals surface area contributed by atoms with Crippen molar-refractivity contribution >= 4 is 34.3 Å². The van der Waals surface area contributed by atoms with Crippen LogP contribution in [0.25, 0.3) is 21.8 Å². The predicted octanol–water partition coefficient (Wildman–Crippen LogP) is 5.86. The lowest BCUT2D eigenvalue weighted by atomic mass is 10.1. The molecule has 4 aromatic rings. The number of carbonyl (C=O) groups is 1. The van der Waals surface area contributed by atoms with Gasteiger partial charge < -0.3 is 5.32 Å². The quantitative estimate of drug-likeness (QED) is 0.461. The summed E-state index contributed by atoms with van der Waals surface area (Å²) in [5.74, 6) is -0.370. The Bertz CT molecular complexity index is 1070. The maximum atomic E-state index is 14.0. The highest BCUT2D eigenvalue weighted by molar-refractivity contribution is 7.13. The van der Waals surface area contributed by atoms with Gasteiger partial charge in [0, 0.05) is 21.4 Å². The number of halogens is 1. The molecule has 0 saturated carbocycles. The van der Waals surface area contributed by atoms with Gasteiger partial charge in [-0.2, -0.15) is 0 Å². The Labute approximate surface area is 164 Å². The maximum absolute atomic E-state index is 14.0. The second-order valence-electron chi connectivity index (χ2n) is 5.87. The molecular formula is C21H15FN2OS2. The smallest absolute Gasteiger partial charge is 0.229 e. The zero-order valence-electron chi connectivity index (χ0n) is 14.2. The van der Waals surface area contributed by atoms with Gasteiger partial charge in [0.15, 0.2) is 0 Å². The van der Waals surface area contributed by atoms with E-state index in [1.54, 1.807) is 29.5 Å². The Kier molecular flexibility index (Phi) is 5.09. The fraction of sp³-hybridized carbons (Fsp3) is 0.0476. The van der Waals surface area contributed by atoms with Gasteiger partial charge in [-0.3, -0.25) is 4.79 Å². The average molecular weight is 394 g/mol. The third-order valence-corrected chi connectivity index (χ3v) is 5.75. The summed E-state index contributed by atoms with van der Waals surface area (Å²) in [7, 11) is 0. The number of hydrogen-bond acceptors (Lipinski definition) is 4. The zero-order valence-corrected chi connectivity index (χ0v) is 15.8. The van der Waals surface area contributed by atoms with Crippen LogP contribution in [0.15, 0.2) is 71.4 Å². The van der Waals surface area contributed by atoms with Crippen LogP contribution >= 0.6 is 22.7 Å². The van der Waals surface area contributed by atoms with Gasteiger partial charge in [0.05, 0.1) is 17.8 Å². The molecule has 3 nitrogen and oxygen atoms in total. The summed E-state index contributed by atoms with van der Waals surface area (Å²) >= 11 is 2.94. The summed E-state index contributed by atoms with van der Waals surface area (Å²) in [6.45, 7) is 0. The summed E-state index contributed by atoms with van der Waals surface area (Å²) in [6, 6.07) is 18.0. The number of nitrogens with one attached hydrogen (secondary N) is 1. The van der Waals surface area contributed by atoms with Crippen LogP contribution in [0, 0.1) is 5.82 Å². The van der Waals surface area contributed by atoms with E-state index >= 15 is 0 Å². The molecule has 2 aromatic heterocycles. The van der Waals surface area contributed by atoms with Crippen LogP contribution in [0.2, 0.25) is 0 Å². The molecule has 2 heterocycles. The minimum absolute atomic E-state index is 0.0746. The summed E-state index contributed by atoms with van der Waals surface area (Å²) in [4.78, 5) is 18.0. The number of para-hydroxylation sites is 1. The predicted molar refractivity (Wildman–Crippen MR) is 110 cm³/mol. The summed E-state index contributed by atoms with van der Waals surface area (Å²) < 4.78 is 14.0. The van der Waals surface area contributed by atoms with Crippen molar-refractivity contribution in [3.05, 3.63) is 82.1 Å². The minimum atomic E-state index is -0.295. The van der Waals surface area contributed by atoms with E-state index in [4.69, 9.17) is 0 Å². The maximum Gasteiger partial charge on any atom is 0.229 e. The lowest BCUT2D eigenvalue weighted by molar-refractivity contribution is -0.115. The molecular weight excluding hydrogens is 379 g/mol. The Morgan fingerprint density at radius 2 is 1.74 bits per heavy atom. The van der Waals surface area contributed by atoms with Gasteiger partial charge in [-0.1, -0.05) is 36.4 Å². The SMILES string of the molecule is O=C(Cc1cccs1)Nc1ccccc1-c1csc(-c2ccccc2F)n1. The minimum Gasteiger partial charge on any atom is -0.325 e. The Morgan fingerprint density at radius 1 is 0.963 bits per heavy atom. The molecule has 6 heteroatoms. The van der Waals surface area contributed by atoms with Crippen molar-refractivity contribution in [2.75, 3.05) is 5.32 Å². The van der Waals surface area contributed by atoms with Crippen molar-refractivity contribution in [3.63, 3.8) is 0 Å². The molecule has 134 valence electrons. The number of thiazole rings is 1. The zero-order chi connectivity index (χ0) is 18.6. The number of amides is 1. The van der Waals surface area contributed by atoms with Crippen LogP contribution in [-0.2, 0) is 11.2 Å². The first-order valence-corrected chi connectivity index (χ1v) is 10.1. The highest BCUT2D eigenvalue weighted by Gasteiger charge is 2.14. The Hall–Kier alpha value is -2.83. The molecule has 0 aliphatic carbocycles. The highest BCUT2D eigenvalue weighted by atomic mass is 32.1. The van der Waals surface area contributed by atoms with Crippen LogP contribution in [-0.4, -0.2) is 10.9 Å². The van der Waals surface area contributed by atoms with E-state index in [0.717, 1.165) is 10.4 Å². The lowest BCUT2D eigenvalue weighted by Crippen LogP contribution is -2.14. The topological polar surface area (TPSA) is 42.0 Å².